The Bertz CT molecular complexity index is 460. The van der Waals surface area contributed by atoms with Gasteiger partial charge in [0, 0.05) is 0 Å². The lowest BCUT2D eigenvalue weighted by atomic mass is 9.89. The number of aliphatic hydroxyl groups is 1. The van der Waals surface area contributed by atoms with Crippen molar-refractivity contribution >= 4 is 8.32 Å². The second kappa shape index (κ2) is 4.95. The summed E-state index contributed by atoms with van der Waals surface area (Å²) >= 11 is 0. The van der Waals surface area contributed by atoms with Crippen LogP contribution in [0.25, 0.3) is 0 Å². The zero-order valence-electron chi connectivity index (χ0n) is 12.8. The van der Waals surface area contributed by atoms with E-state index in [-0.39, 0.29) is 11.1 Å². The van der Waals surface area contributed by atoms with Crippen molar-refractivity contribution in [2.24, 2.45) is 0 Å². The van der Waals surface area contributed by atoms with Crippen LogP contribution in [0.3, 0.4) is 0 Å². The number of rotatable bonds is 2. The van der Waals surface area contributed by atoms with Crippen LogP contribution in [-0.2, 0) is 6.42 Å². The van der Waals surface area contributed by atoms with Gasteiger partial charge in [-0.25, -0.2) is 0 Å². The molecule has 0 spiro atoms. The number of hydrogen-bond acceptors (Lipinski definition) is 2. The Labute approximate surface area is 117 Å². The van der Waals surface area contributed by atoms with Gasteiger partial charge in [-0.2, -0.15) is 0 Å². The minimum atomic E-state index is -1.81. The number of aliphatic hydroxyl groups excluding tert-OH is 1. The molecule has 0 heterocycles. The molecular formula is C16H26O2Si. The van der Waals surface area contributed by atoms with Crippen molar-refractivity contribution in [3.8, 4) is 5.75 Å². The third-order valence-corrected chi connectivity index (χ3v) is 8.95. The van der Waals surface area contributed by atoms with Gasteiger partial charge in [-0.3, -0.25) is 0 Å². The standard InChI is InChI=1S/C16H26O2Si/c1-16(2,3)19(4,5)18-15-11-7-8-12-13(15)9-6-10-14(12)17/h7-8,11,14,17H,6,9-10H2,1-5H3. The lowest BCUT2D eigenvalue weighted by molar-refractivity contribution is 0.156. The molecule has 0 aliphatic heterocycles. The lowest BCUT2D eigenvalue weighted by Gasteiger charge is -2.38. The Hall–Kier alpha value is -0.803. The van der Waals surface area contributed by atoms with Crippen molar-refractivity contribution in [1.29, 1.82) is 0 Å². The Kier molecular flexibility index (Phi) is 3.80. The van der Waals surface area contributed by atoms with Crippen LogP contribution in [0.2, 0.25) is 18.1 Å². The van der Waals surface area contributed by atoms with Gasteiger partial charge in [0.15, 0.2) is 0 Å². The summed E-state index contributed by atoms with van der Waals surface area (Å²) in [5.74, 6) is 1.00. The molecule has 2 nitrogen and oxygen atoms in total. The van der Waals surface area contributed by atoms with E-state index in [1.807, 2.05) is 12.1 Å². The highest BCUT2D eigenvalue weighted by molar-refractivity contribution is 6.74. The van der Waals surface area contributed by atoms with Gasteiger partial charge in [-0.1, -0.05) is 32.9 Å². The maximum atomic E-state index is 10.1. The van der Waals surface area contributed by atoms with E-state index in [2.05, 4.69) is 39.9 Å². The fraction of sp³-hybridized carbons (Fsp3) is 0.625. The largest absolute Gasteiger partial charge is 0.543 e. The summed E-state index contributed by atoms with van der Waals surface area (Å²) in [5.41, 5.74) is 2.30. The SMILES string of the molecule is CC(C)(C)[Si](C)(C)Oc1cccc2c1CCCC2O. The van der Waals surface area contributed by atoms with Crippen molar-refractivity contribution in [3.63, 3.8) is 0 Å². The van der Waals surface area contributed by atoms with Crippen LogP contribution < -0.4 is 4.43 Å². The molecular weight excluding hydrogens is 252 g/mol. The number of fused-ring (bicyclic) bond motifs is 1. The molecule has 1 unspecified atom stereocenters. The van der Waals surface area contributed by atoms with E-state index >= 15 is 0 Å². The Morgan fingerprint density at radius 3 is 2.58 bits per heavy atom. The molecule has 0 saturated carbocycles. The Morgan fingerprint density at radius 2 is 1.95 bits per heavy atom. The van der Waals surface area contributed by atoms with Crippen molar-refractivity contribution in [3.05, 3.63) is 29.3 Å². The van der Waals surface area contributed by atoms with Gasteiger partial charge in [0.25, 0.3) is 0 Å². The second-order valence-electron chi connectivity index (χ2n) is 7.09. The maximum absolute atomic E-state index is 10.1. The quantitative estimate of drug-likeness (QED) is 0.810. The predicted octanol–water partition coefficient (Wildman–Crippen LogP) is 4.44. The maximum Gasteiger partial charge on any atom is 0.250 e. The fourth-order valence-electron chi connectivity index (χ4n) is 2.31. The molecule has 1 N–H and O–H groups in total. The normalized spacial score (nSPS) is 20.0. The van der Waals surface area contributed by atoms with Gasteiger partial charge >= 0.3 is 0 Å². The molecule has 0 amide bonds. The van der Waals surface area contributed by atoms with E-state index in [1.54, 1.807) is 0 Å². The number of hydrogen-bond donors (Lipinski definition) is 1. The molecule has 1 aliphatic carbocycles. The van der Waals surface area contributed by atoms with Gasteiger partial charge in [0.1, 0.15) is 5.75 Å². The van der Waals surface area contributed by atoms with E-state index in [0.29, 0.717) is 0 Å². The summed E-state index contributed by atoms with van der Waals surface area (Å²) in [5, 5.41) is 10.3. The van der Waals surface area contributed by atoms with E-state index in [0.717, 1.165) is 30.6 Å². The highest BCUT2D eigenvalue weighted by atomic mass is 28.4. The molecule has 19 heavy (non-hydrogen) atoms. The summed E-state index contributed by atoms with van der Waals surface area (Å²) < 4.78 is 6.44. The van der Waals surface area contributed by atoms with Crippen LogP contribution in [-0.4, -0.2) is 13.4 Å². The molecule has 106 valence electrons. The molecule has 0 bridgehead atoms. The summed E-state index contributed by atoms with van der Waals surface area (Å²) in [4.78, 5) is 0. The molecule has 2 rings (SSSR count). The van der Waals surface area contributed by atoms with Gasteiger partial charge in [-0.15, -0.1) is 0 Å². The minimum Gasteiger partial charge on any atom is -0.543 e. The molecule has 1 aliphatic rings. The highest BCUT2D eigenvalue weighted by Crippen LogP contribution is 2.41. The predicted molar refractivity (Wildman–Crippen MR) is 82.2 cm³/mol. The van der Waals surface area contributed by atoms with Crippen LogP contribution in [0.15, 0.2) is 18.2 Å². The van der Waals surface area contributed by atoms with Crippen molar-refractivity contribution < 1.29 is 9.53 Å². The van der Waals surface area contributed by atoms with Crippen LogP contribution in [0, 0.1) is 0 Å². The summed E-state index contributed by atoms with van der Waals surface area (Å²) in [6.07, 6.45) is 2.63. The molecule has 3 heteroatoms. The summed E-state index contributed by atoms with van der Waals surface area (Å²) in [7, 11) is -1.81. The summed E-state index contributed by atoms with van der Waals surface area (Å²) in [6, 6.07) is 6.12. The van der Waals surface area contributed by atoms with Gasteiger partial charge in [0.2, 0.25) is 8.32 Å². The van der Waals surface area contributed by atoms with Crippen LogP contribution in [0.5, 0.6) is 5.75 Å². The topological polar surface area (TPSA) is 29.5 Å². The third kappa shape index (κ3) is 2.87. The molecule has 0 saturated heterocycles. The second-order valence-corrected chi connectivity index (χ2v) is 11.8. The van der Waals surface area contributed by atoms with E-state index in [4.69, 9.17) is 4.43 Å². The smallest absolute Gasteiger partial charge is 0.250 e. The average molecular weight is 278 g/mol. The van der Waals surface area contributed by atoms with Gasteiger partial charge in [0.05, 0.1) is 6.10 Å². The van der Waals surface area contributed by atoms with E-state index in [9.17, 15) is 5.11 Å². The lowest BCUT2D eigenvalue weighted by Crippen LogP contribution is -2.44. The van der Waals surface area contributed by atoms with Crippen LogP contribution >= 0.6 is 0 Å². The van der Waals surface area contributed by atoms with Gasteiger partial charge in [-0.05, 0) is 54.6 Å². The molecule has 0 radical (unpaired) electrons. The monoisotopic (exact) mass is 278 g/mol. The summed E-state index contributed by atoms with van der Waals surface area (Å²) in [6.45, 7) is 11.3. The third-order valence-electron chi connectivity index (χ3n) is 4.60. The number of benzene rings is 1. The highest BCUT2D eigenvalue weighted by Gasteiger charge is 2.39. The Morgan fingerprint density at radius 1 is 1.26 bits per heavy atom. The molecule has 0 aromatic heterocycles. The molecule has 1 atom stereocenters. The van der Waals surface area contributed by atoms with Crippen LogP contribution in [0.1, 0.15) is 50.8 Å². The van der Waals surface area contributed by atoms with Crippen molar-refractivity contribution in [2.45, 2.75) is 64.3 Å². The first-order chi connectivity index (χ1) is 8.72. The van der Waals surface area contributed by atoms with E-state index in [1.165, 1.54) is 5.56 Å². The molecule has 1 aromatic rings. The zero-order chi connectivity index (χ0) is 14.3. The first-order valence-electron chi connectivity index (χ1n) is 7.21. The zero-order valence-corrected chi connectivity index (χ0v) is 13.8. The van der Waals surface area contributed by atoms with E-state index < -0.39 is 8.32 Å². The first-order valence-corrected chi connectivity index (χ1v) is 10.1. The van der Waals surface area contributed by atoms with Crippen molar-refractivity contribution in [2.75, 3.05) is 0 Å². The van der Waals surface area contributed by atoms with Crippen molar-refractivity contribution in [1.82, 2.24) is 0 Å². The molecule has 0 fully saturated rings. The average Bonchev–Trinajstić information content (AvgIpc) is 2.28. The van der Waals surface area contributed by atoms with Gasteiger partial charge < -0.3 is 9.53 Å². The first kappa shape index (κ1) is 14.6. The molecule has 1 aromatic carbocycles. The Balaban J connectivity index is 2.35. The fourth-order valence-corrected chi connectivity index (χ4v) is 3.36. The minimum absolute atomic E-state index is 0.197. The van der Waals surface area contributed by atoms with Crippen LogP contribution in [0.4, 0.5) is 0 Å².